The molecule has 164 valence electrons. The Bertz CT molecular complexity index is 1220. The highest BCUT2D eigenvalue weighted by atomic mass is 32.2. The molecule has 0 radical (unpaired) electrons. The van der Waals surface area contributed by atoms with Crippen molar-refractivity contribution in [3.05, 3.63) is 106 Å². The van der Waals surface area contributed by atoms with E-state index in [1.165, 1.54) is 42.1 Å². The van der Waals surface area contributed by atoms with E-state index in [1.807, 2.05) is 0 Å². The Morgan fingerprint density at radius 1 is 1.00 bits per heavy atom. The van der Waals surface area contributed by atoms with Gasteiger partial charge in [-0.1, -0.05) is 18.2 Å². The molecule has 0 saturated heterocycles. The third-order valence-corrected chi connectivity index (χ3v) is 5.24. The Balaban J connectivity index is 1.83. The van der Waals surface area contributed by atoms with Gasteiger partial charge in [0.15, 0.2) is 0 Å². The first-order chi connectivity index (χ1) is 16.0. The Morgan fingerprint density at radius 2 is 1.67 bits per heavy atom. The minimum Gasteiger partial charge on any atom is -0.321 e. The van der Waals surface area contributed by atoms with Crippen LogP contribution in [-0.4, -0.2) is 22.5 Å². The van der Waals surface area contributed by atoms with Crippen LogP contribution in [0.5, 0.6) is 0 Å². The number of anilines is 1. The molecule has 0 aliphatic carbocycles. The minimum atomic E-state index is -0.560. The van der Waals surface area contributed by atoms with Gasteiger partial charge in [0.1, 0.15) is 5.70 Å². The zero-order valence-corrected chi connectivity index (χ0v) is 18.0. The molecule has 2 N–H and O–H groups in total. The number of carbonyl (C=O) groups is 2. The van der Waals surface area contributed by atoms with E-state index in [9.17, 15) is 19.7 Å². The first kappa shape index (κ1) is 23.2. The molecule has 0 bridgehead atoms. The van der Waals surface area contributed by atoms with Gasteiger partial charge in [0.2, 0.25) is 0 Å². The summed E-state index contributed by atoms with van der Waals surface area (Å²) in [5, 5.41) is 24.9. The van der Waals surface area contributed by atoms with E-state index in [2.05, 4.69) is 16.7 Å². The molecule has 0 aliphatic heterocycles. The van der Waals surface area contributed by atoms with Gasteiger partial charge in [0.05, 0.1) is 16.7 Å². The smallest absolute Gasteiger partial charge is 0.272 e. The molecule has 0 atom stereocenters. The fraction of sp³-hybridized carbons (Fsp3) is 0.0417. The number of benzene rings is 3. The molecule has 2 amide bonds. The number of nitro benzene ring substituents is 1. The van der Waals surface area contributed by atoms with Crippen molar-refractivity contribution in [3.63, 3.8) is 0 Å². The molecule has 33 heavy (non-hydrogen) atoms. The zero-order valence-electron chi connectivity index (χ0n) is 17.2. The summed E-state index contributed by atoms with van der Waals surface area (Å²) in [5.41, 5.74) is 1.27. The van der Waals surface area contributed by atoms with Crippen molar-refractivity contribution in [1.82, 2.24) is 5.32 Å². The molecule has 0 aromatic heterocycles. The standard InChI is InChI=1S/C24H18N4O4S/c25-14-15-33-21-12-8-19(9-13-21)26-24(30)22(27-23(29)18-4-2-1-3-5-18)16-17-6-10-20(11-7-17)28(31)32/h1-13,16H,15H2,(H,26,30)(H,27,29)/b22-16-. The highest BCUT2D eigenvalue weighted by Gasteiger charge is 2.15. The zero-order chi connectivity index (χ0) is 23.6. The van der Waals surface area contributed by atoms with Crippen molar-refractivity contribution >= 4 is 41.0 Å². The number of rotatable bonds is 8. The number of carbonyl (C=O) groups excluding carboxylic acids is 2. The lowest BCUT2D eigenvalue weighted by Gasteiger charge is -2.12. The molecular formula is C24H18N4O4S. The summed E-state index contributed by atoms with van der Waals surface area (Å²) >= 11 is 1.38. The molecule has 8 nitrogen and oxygen atoms in total. The maximum atomic E-state index is 13.0. The lowest BCUT2D eigenvalue weighted by molar-refractivity contribution is -0.384. The Morgan fingerprint density at radius 3 is 2.27 bits per heavy atom. The molecule has 0 fully saturated rings. The van der Waals surface area contributed by atoms with Crippen LogP contribution in [-0.2, 0) is 4.79 Å². The van der Waals surface area contributed by atoms with Crippen molar-refractivity contribution in [2.24, 2.45) is 0 Å². The van der Waals surface area contributed by atoms with Crippen molar-refractivity contribution in [1.29, 1.82) is 5.26 Å². The lowest BCUT2D eigenvalue weighted by atomic mass is 10.1. The Kier molecular flexibility index (Phi) is 7.94. The molecule has 0 aliphatic rings. The van der Waals surface area contributed by atoms with Gasteiger partial charge >= 0.3 is 0 Å². The van der Waals surface area contributed by atoms with Gasteiger partial charge in [-0.2, -0.15) is 5.26 Å². The third-order valence-electron chi connectivity index (χ3n) is 4.36. The van der Waals surface area contributed by atoms with E-state index in [0.717, 1.165) is 4.90 Å². The second-order valence-corrected chi connectivity index (χ2v) is 7.70. The molecular weight excluding hydrogens is 440 g/mol. The summed E-state index contributed by atoms with van der Waals surface area (Å²) < 4.78 is 0. The van der Waals surface area contributed by atoms with Gasteiger partial charge in [-0.25, -0.2) is 0 Å². The van der Waals surface area contributed by atoms with Gasteiger partial charge in [-0.3, -0.25) is 19.7 Å². The summed E-state index contributed by atoms with van der Waals surface area (Å²) in [7, 11) is 0. The van der Waals surface area contributed by atoms with Crippen LogP contribution >= 0.6 is 11.8 Å². The number of amides is 2. The fourth-order valence-corrected chi connectivity index (χ4v) is 3.31. The first-order valence-electron chi connectivity index (χ1n) is 9.70. The minimum absolute atomic E-state index is 0.0272. The largest absolute Gasteiger partial charge is 0.321 e. The average Bonchev–Trinajstić information content (AvgIpc) is 2.84. The molecule has 0 saturated carbocycles. The highest BCUT2D eigenvalue weighted by Crippen LogP contribution is 2.20. The number of nitrogens with zero attached hydrogens (tertiary/aromatic N) is 2. The summed E-state index contributed by atoms with van der Waals surface area (Å²) in [4.78, 5) is 36.9. The molecule has 0 spiro atoms. The van der Waals surface area contributed by atoms with E-state index in [-0.39, 0.29) is 11.4 Å². The topological polar surface area (TPSA) is 125 Å². The van der Waals surface area contributed by atoms with Crippen molar-refractivity contribution in [2.75, 3.05) is 11.1 Å². The number of hydrogen-bond donors (Lipinski definition) is 2. The number of thioether (sulfide) groups is 1. The van der Waals surface area contributed by atoms with Gasteiger partial charge in [-0.15, -0.1) is 11.8 Å². The highest BCUT2D eigenvalue weighted by molar-refractivity contribution is 7.99. The van der Waals surface area contributed by atoms with Crippen LogP contribution in [0.3, 0.4) is 0 Å². The number of nitrogens with one attached hydrogen (secondary N) is 2. The van der Waals surface area contributed by atoms with E-state index < -0.39 is 16.7 Å². The van der Waals surface area contributed by atoms with Crippen molar-refractivity contribution < 1.29 is 14.5 Å². The summed E-state index contributed by atoms with van der Waals surface area (Å²) in [5.74, 6) is -0.712. The first-order valence-corrected chi connectivity index (χ1v) is 10.7. The van der Waals surface area contributed by atoms with E-state index in [0.29, 0.717) is 22.6 Å². The molecule has 3 rings (SSSR count). The lowest BCUT2D eigenvalue weighted by Crippen LogP contribution is -2.30. The van der Waals surface area contributed by atoms with Crippen LogP contribution in [0.1, 0.15) is 15.9 Å². The SMILES string of the molecule is N#CCSc1ccc(NC(=O)/C(=C/c2ccc([N+](=O)[O-])cc2)NC(=O)c2ccccc2)cc1. The molecule has 3 aromatic rings. The van der Waals surface area contributed by atoms with Gasteiger partial charge in [0.25, 0.3) is 17.5 Å². The maximum absolute atomic E-state index is 13.0. The van der Waals surface area contributed by atoms with Gasteiger partial charge < -0.3 is 10.6 Å². The summed E-state index contributed by atoms with van der Waals surface area (Å²) in [6.07, 6.45) is 1.44. The Hall–Kier alpha value is -4.42. The van der Waals surface area contributed by atoms with Crippen LogP contribution < -0.4 is 10.6 Å². The second-order valence-electron chi connectivity index (χ2n) is 6.65. The summed E-state index contributed by atoms with van der Waals surface area (Å²) in [6, 6.07) is 23.0. The number of nitro groups is 1. The van der Waals surface area contributed by atoms with Crippen LogP contribution in [0.2, 0.25) is 0 Å². The molecule has 3 aromatic carbocycles. The van der Waals surface area contributed by atoms with Crippen molar-refractivity contribution in [2.45, 2.75) is 4.90 Å². The monoisotopic (exact) mass is 458 g/mol. The predicted octanol–water partition coefficient (Wildman–Crippen LogP) is 4.62. The summed E-state index contributed by atoms with van der Waals surface area (Å²) in [6.45, 7) is 0. The van der Waals surface area contributed by atoms with Crippen LogP contribution in [0, 0.1) is 21.4 Å². The van der Waals surface area contributed by atoms with E-state index in [4.69, 9.17) is 5.26 Å². The Labute approximate surface area is 194 Å². The van der Waals surface area contributed by atoms with Crippen LogP contribution in [0.15, 0.2) is 89.5 Å². The van der Waals surface area contributed by atoms with E-state index >= 15 is 0 Å². The van der Waals surface area contributed by atoms with Crippen LogP contribution in [0.4, 0.5) is 11.4 Å². The predicted molar refractivity (Wildman–Crippen MR) is 126 cm³/mol. The molecule has 0 unspecified atom stereocenters. The third kappa shape index (κ3) is 6.78. The fourth-order valence-electron chi connectivity index (χ4n) is 2.75. The second kappa shape index (κ2) is 11.3. The van der Waals surface area contributed by atoms with E-state index in [1.54, 1.807) is 54.6 Å². The molecule has 0 heterocycles. The number of hydrogen-bond acceptors (Lipinski definition) is 6. The number of non-ortho nitro benzene ring substituents is 1. The van der Waals surface area contributed by atoms with Gasteiger partial charge in [-0.05, 0) is 60.2 Å². The van der Waals surface area contributed by atoms with Crippen molar-refractivity contribution in [3.8, 4) is 6.07 Å². The van der Waals surface area contributed by atoms with Crippen LogP contribution in [0.25, 0.3) is 6.08 Å². The molecule has 9 heteroatoms. The van der Waals surface area contributed by atoms with Gasteiger partial charge in [0, 0.05) is 28.3 Å². The number of nitriles is 1. The normalized spacial score (nSPS) is 10.7. The quantitative estimate of drug-likeness (QED) is 0.220. The maximum Gasteiger partial charge on any atom is 0.272 e. The average molecular weight is 458 g/mol.